The van der Waals surface area contributed by atoms with Gasteiger partial charge in [-0.2, -0.15) is 0 Å². The second-order valence-corrected chi connectivity index (χ2v) is 11.3. The summed E-state index contributed by atoms with van der Waals surface area (Å²) in [4.78, 5) is 10.9. The van der Waals surface area contributed by atoms with Crippen molar-refractivity contribution in [2.24, 2.45) is 16.7 Å². The van der Waals surface area contributed by atoms with E-state index in [1.54, 1.807) is 7.11 Å². The molecule has 1 aliphatic carbocycles. The fourth-order valence-corrected chi connectivity index (χ4v) is 5.66. The van der Waals surface area contributed by atoms with Gasteiger partial charge in [0.25, 0.3) is 0 Å². The van der Waals surface area contributed by atoms with Gasteiger partial charge in [0.05, 0.1) is 25.5 Å². The van der Waals surface area contributed by atoms with Crippen molar-refractivity contribution in [3.8, 4) is 5.75 Å². The zero-order valence-electron chi connectivity index (χ0n) is 21.1. The van der Waals surface area contributed by atoms with Gasteiger partial charge >= 0.3 is 0 Å². The van der Waals surface area contributed by atoms with E-state index in [4.69, 9.17) is 9.57 Å². The standard InChI is InChI=1S/C28H42N2O2/c1-21-26(31-7)25(17-18-29-21)30(32-19-22-11-9-8-10-12-22)24-15-13-23(14-16-24)28(5,6)20-27(2,3)4/h8-12,17-18,23-24H,13-16,19-20H2,1-7H3/t23-,24-. The van der Waals surface area contributed by atoms with Gasteiger partial charge in [0.15, 0.2) is 5.75 Å². The quantitative estimate of drug-likeness (QED) is 0.403. The number of benzene rings is 1. The van der Waals surface area contributed by atoms with Crippen LogP contribution in [0.25, 0.3) is 0 Å². The fraction of sp³-hybridized carbons (Fsp3) is 0.607. The van der Waals surface area contributed by atoms with E-state index >= 15 is 0 Å². The van der Waals surface area contributed by atoms with Crippen LogP contribution in [0.15, 0.2) is 42.6 Å². The van der Waals surface area contributed by atoms with Gasteiger partial charge in [-0.1, -0.05) is 65.0 Å². The summed E-state index contributed by atoms with van der Waals surface area (Å²) in [5.74, 6) is 1.55. The molecule has 1 aromatic heterocycles. The second-order valence-electron chi connectivity index (χ2n) is 11.3. The van der Waals surface area contributed by atoms with Gasteiger partial charge in [-0.15, -0.1) is 0 Å². The molecule has 0 saturated heterocycles. The van der Waals surface area contributed by atoms with Crippen LogP contribution < -0.4 is 9.80 Å². The number of nitrogens with zero attached hydrogens (tertiary/aromatic N) is 2. The number of pyridine rings is 1. The van der Waals surface area contributed by atoms with Crippen molar-refractivity contribution >= 4 is 5.69 Å². The molecule has 1 aliphatic rings. The minimum atomic E-state index is 0.330. The van der Waals surface area contributed by atoms with Crippen molar-refractivity contribution in [3.63, 3.8) is 0 Å². The first-order valence-corrected chi connectivity index (χ1v) is 12.1. The molecule has 0 bridgehead atoms. The van der Waals surface area contributed by atoms with Crippen LogP contribution in [0.4, 0.5) is 5.69 Å². The molecule has 1 heterocycles. The van der Waals surface area contributed by atoms with E-state index in [0.717, 1.165) is 35.9 Å². The topological polar surface area (TPSA) is 34.6 Å². The highest BCUT2D eigenvalue weighted by Gasteiger charge is 2.38. The molecule has 0 spiro atoms. The highest BCUT2D eigenvalue weighted by Crippen LogP contribution is 2.46. The Morgan fingerprint density at radius 3 is 2.22 bits per heavy atom. The highest BCUT2D eigenvalue weighted by atomic mass is 16.7. The third kappa shape index (κ3) is 6.25. The number of hydrogen-bond donors (Lipinski definition) is 0. The zero-order chi connectivity index (χ0) is 23.4. The lowest BCUT2D eigenvalue weighted by molar-refractivity contribution is 0.0393. The SMILES string of the molecule is COc1c(N(OCc2ccccc2)[C@H]2CC[C@H](C(C)(C)CC(C)(C)C)CC2)ccnc1C. The zero-order valence-corrected chi connectivity index (χ0v) is 21.1. The van der Waals surface area contributed by atoms with Gasteiger partial charge in [-0.25, -0.2) is 5.06 Å². The molecule has 0 aliphatic heterocycles. The van der Waals surface area contributed by atoms with E-state index in [2.05, 4.69) is 68.9 Å². The molecule has 4 nitrogen and oxygen atoms in total. The maximum Gasteiger partial charge on any atom is 0.165 e. The van der Waals surface area contributed by atoms with Crippen molar-refractivity contribution in [3.05, 3.63) is 53.9 Å². The molecular weight excluding hydrogens is 396 g/mol. The fourth-order valence-electron chi connectivity index (χ4n) is 5.66. The lowest BCUT2D eigenvalue weighted by Gasteiger charge is -2.44. The smallest absolute Gasteiger partial charge is 0.165 e. The van der Waals surface area contributed by atoms with Gasteiger partial charge in [0.2, 0.25) is 0 Å². The molecule has 32 heavy (non-hydrogen) atoms. The molecule has 1 fully saturated rings. The Balaban J connectivity index is 1.78. The molecule has 0 unspecified atom stereocenters. The normalized spacial score (nSPS) is 19.6. The molecule has 1 saturated carbocycles. The first kappa shape index (κ1) is 24.6. The molecule has 0 radical (unpaired) electrons. The Morgan fingerprint density at radius 1 is 0.969 bits per heavy atom. The van der Waals surface area contributed by atoms with E-state index in [-0.39, 0.29) is 0 Å². The molecule has 0 atom stereocenters. The van der Waals surface area contributed by atoms with E-state index in [0.29, 0.717) is 23.5 Å². The Morgan fingerprint density at radius 2 is 1.62 bits per heavy atom. The highest BCUT2D eigenvalue weighted by molar-refractivity contribution is 5.58. The van der Waals surface area contributed by atoms with Gasteiger partial charge in [0, 0.05) is 6.20 Å². The number of aromatic nitrogens is 1. The number of aryl methyl sites for hydroxylation is 1. The second kappa shape index (κ2) is 10.2. The molecular formula is C28H42N2O2. The van der Waals surface area contributed by atoms with Crippen LogP contribution >= 0.6 is 0 Å². The number of anilines is 1. The minimum Gasteiger partial charge on any atom is -0.493 e. The van der Waals surface area contributed by atoms with Gasteiger partial charge in [-0.3, -0.25) is 9.82 Å². The van der Waals surface area contributed by atoms with E-state index in [1.807, 2.05) is 25.3 Å². The maximum absolute atomic E-state index is 6.48. The Kier molecular flexibility index (Phi) is 7.87. The van der Waals surface area contributed by atoms with E-state index in [9.17, 15) is 0 Å². The van der Waals surface area contributed by atoms with Crippen LogP contribution in [0.2, 0.25) is 0 Å². The van der Waals surface area contributed by atoms with E-state index < -0.39 is 0 Å². The Hall–Kier alpha value is -2.07. The number of ether oxygens (including phenoxy) is 1. The summed E-state index contributed by atoms with van der Waals surface area (Å²) in [5.41, 5.74) is 3.74. The average molecular weight is 439 g/mol. The van der Waals surface area contributed by atoms with Crippen LogP contribution in [0.5, 0.6) is 5.75 Å². The van der Waals surface area contributed by atoms with Crippen LogP contribution in [0.3, 0.4) is 0 Å². The summed E-state index contributed by atoms with van der Waals surface area (Å²) in [7, 11) is 1.72. The maximum atomic E-state index is 6.48. The molecule has 0 N–H and O–H groups in total. The molecule has 3 rings (SSSR count). The number of methoxy groups -OCH3 is 1. The van der Waals surface area contributed by atoms with Crippen molar-refractivity contribution in [2.45, 2.75) is 86.3 Å². The summed E-state index contributed by atoms with van der Waals surface area (Å²) >= 11 is 0. The molecule has 2 aromatic rings. The predicted octanol–water partition coefficient (Wildman–Crippen LogP) is 7.36. The average Bonchev–Trinajstić information content (AvgIpc) is 2.73. The van der Waals surface area contributed by atoms with Crippen molar-refractivity contribution in [1.29, 1.82) is 0 Å². The lowest BCUT2D eigenvalue weighted by Crippen LogP contribution is -2.41. The summed E-state index contributed by atoms with van der Waals surface area (Å²) in [6.45, 7) is 14.5. The largest absolute Gasteiger partial charge is 0.493 e. The first-order chi connectivity index (χ1) is 15.1. The molecule has 0 amide bonds. The molecule has 1 aromatic carbocycles. The van der Waals surface area contributed by atoms with Crippen molar-refractivity contribution < 1.29 is 9.57 Å². The summed E-state index contributed by atoms with van der Waals surface area (Å²) in [6.07, 6.45) is 7.80. The molecule has 4 heteroatoms. The monoisotopic (exact) mass is 438 g/mol. The van der Waals surface area contributed by atoms with E-state index in [1.165, 1.54) is 24.8 Å². The van der Waals surface area contributed by atoms with Crippen LogP contribution in [-0.4, -0.2) is 18.1 Å². The summed E-state index contributed by atoms with van der Waals surface area (Å²) in [6, 6.07) is 12.7. The third-order valence-corrected chi connectivity index (χ3v) is 6.84. The van der Waals surface area contributed by atoms with Crippen molar-refractivity contribution in [1.82, 2.24) is 4.98 Å². The van der Waals surface area contributed by atoms with Gasteiger partial charge < -0.3 is 4.74 Å². The minimum absolute atomic E-state index is 0.330. The molecule has 176 valence electrons. The van der Waals surface area contributed by atoms with Crippen LogP contribution in [-0.2, 0) is 11.4 Å². The Labute approximate surface area is 195 Å². The van der Waals surface area contributed by atoms with Crippen molar-refractivity contribution in [2.75, 3.05) is 12.2 Å². The lowest BCUT2D eigenvalue weighted by atomic mass is 9.64. The first-order valence-electron chi connectivity index (χ1n) is 12.1. The number of hydrogen-bond acceptors (Lipinski definition) is 4. The number of hydroxylamine groups is 1. The third-order valence-electron chi connectivity index (χ3n) is 6.84. The number of rotatable bonds is 8. The summed E-state index contributed by atoms with van der Waals surface area (Å²) < 4.78 is 5.75. The van der Waals surface area contributed by atoms with Gasteiger partial charge in [-0.05, 0) is 67.4 Å². The van der Waals surface area contributed by atoms with Gasteiger partial charge in [0.1, 0.15) is 5.69 Å². The Bertz CT molecular complexity index is 849. The van der Waals surface area contributed by atoms with Crippen LogP contribution in [0, 0.1) is 23.7 Å². The predicted molar refractivity (Wildman–Crippen MR) is 133 cm³/mol. The summed E-state index contributed by atoms with van der Waals surface area (Å²) in [5, 5.41) is 2.12. The van der Waals surface area contributed by atoms with Crippen LogP contribution in [0.1, 0.15) is 78.0 Å².